The van der Waals surface area contributed by atoms with Crippen LogP contribution < -0.4 is 9.47 Å². The third kappa shape index (κ3) is 3.38. The van der Waals surface area contributed by atoms with Crippen LogP contribution in [0.3, 0.4) is 0 Å². The second-order valence-corrected chi connectivity index (χ2v) is 5.81. The minimum atomic E-state index is -1.05. The highest BCUT2D eigenvalue weighted by atomic mass is 32.1. The van der Waals surface area contributed by atoms with Gasteiger partial charge in [0.25, 0.3) is 0 Å². The molecule has 0 saturated heterocycles. The van der Waals surface area contributed by atoms with Gasteiger partial charge in [-0.3, -0.25) is 0 Å². The van der Waals surface area contributed by atoms with E-state index in [-0.39, 0.29) is 5.69 Å². The fraction of sp³-hybridized carbons (Fsp3) is 0.111. The van der Waals surface area contributed by atoms with Gasteiger partial charge in [-0.1, -0.05) is 36.4 Å². The molecule has 0 radical (unpaired) electrons. The van der Waals surface area contributed by atoms with Crippen LogP contribution in [0.1, 0.15) is 16.1 Å². The number of methoxy groups -OCH3 is 1. The van der Waals surface area contributed by atoms with Crippen LogP contribution in [0.4, 0.5) is 0 Å². The molecule has 0 amide bonds. The molecular formula is C18H15NO4S. The Morgan fingerprint density at radius 1 is 1.17 bits per heavy atom. The molecule has 0 spiro atoms. The molecule has 0 atom stereocenters. The summed E-state index contributed by atoms with van der Waals surface area (Å²) in [5.74, 6) is 0.0813. The standard InChI is InChI=1S/C18H15NO4S/c1-22-15-9-5-8-13(17-19-14(11-24-17)18(20)21)16(15)23-10-12-6-3-2-4-7-12/h2-9,11H,10H2,1H3,(H,20,21). The molecular weight excluding hydrogens is 326 g/mol. The molecule has 122 valence electrons. The van der Waals surface area contributed by atoms with Crippen molar-refractivity contribution >= 4 is 17.3 Å². The summed E-state index contributed by atoms with van der Waals surface area (Å²) < 4.78 is 11.3. The van der Waals surface area contributed by atoms with Gasteiger partial charge in [-0.15, -0.1) is 11.3 Å². The monoisotopic (exact) mass is 341 g/mol. The first kappa shape index (κ1) is 16.0. The summed E-state index contributed by atoms with van der Waals surface area (Å²) in [6, 6.07) is 15.3. The zero-order valence-electron chi connectivity index (χ0n) is 12.9. The van der Waals surface area contributed by atoms with E-state index in [9.17, 15) is 4.79 Å². The van der Waals surface area contributed by atoms with E-state index in [0.717, 1.165) is 5.56 Å². The number of ether oxygens (including phenoxy) is 2. The number of carboxylic acid groups (broad SMARTS) is 1. The van der Waals surface area contributed by atoms with E-state index >= 15 is 0 Å². The van der Waals surface area contributed by atoms with Gasteiger partial charge in [0.2, 0.25) is 0 Å². The summed E-state index contributed by atoms with van der Waals surface area (Å²) in [5.41, 5.74) is 1.76. The van der Waals surface area contributed by atoms with Gasteiger partial charge < -0.3 is 14.6 Å². The second-order valence-electron chi connectivity index (χ2n) is 4.95. The summed E-state index contributed by atoms with van der Waals surface area (Å²) in [6.45, 7) is 0.380. The Morgan fingerprint density at radius 3 is 2.62 bits per heavy atom. The largest absolute Gasteiger partial charge is 0.493 e. The smallest absolute Gasteiger partial charge is 0.355 e. The number of hydrogen-bond donors (Lipinski definition) is 1. The third-order valence-electron chi connectivity index (χ3n) is 3.38. The van der Waals surface area contributed by atoms with E-state index < -0.39 is 5.97 Å². The summed E-state index contributed by atoms with van der Waals surface area (Å²) in [6.07, 6.45) is 0. The molecule has 3 aromatic rings. The average Bonchev–Trinajstić information content (AvgIpc) is 3.10. The molecule has 2 aromatic carbocycles. The van der Waals surface area contributed by atoms with E-state index in [4.69, 9.17) is 14.6 Å². The van der Waals surface area contributed by atoms with Crippen LogP contribution in [0, 0.1) is 0 Å². The Balaban J connectivity index is 1.95. The molecule has 1 heterocycles. The zero-order chi connectivity index (χ0) is 16.9. The third-order valence-corrected chi connectivity index (χ3v) is 4.25. The van der Waals surface area contributed by atoms with E-state index in [2.05, 4.69) is 4.98 Å². The number of nitrogens with zero attached hydrogens (tertiary/aromatic N) is 1. The summed E-state index contributed by atoms with van der Waals surface area (Å²) in [5, 5.41) is 11.1. The van der Waals surface area contributed by atoms with Crippen LogP contribution in [0.25, 0.3) is 10.6 Å². The Bertz CT molecular complexity index is 845. The van der Waals surface area contributed by atoms with Crippen LogP contribution >= 0.6 is 11.3 Å². The lowest BCUT2D eigenvalue weighted by Crippen LogP contribution is -2.00. The van der Waals surface area contributed by atoms with Crippen LogP contribution in [-0.2, 0) is 6.61 Å². The lowest BCUT2D eigenvalue weighted by Gasteiger charge is -2.14. The van der Waals surface area contributed by atoms with Gasteiger partial charge in [-0.25, -0.2) is 9.78 Å². The fourth-order valence-corrected chi connectivity index (χ4v) is 3.03. The molecule has 0 saturated carbocycles. The maximum Gasteiger partial charge on any atom is 0.355 e. The first-order valence-electron chi connectivity index (χ1n) is 7.22. The molecule has 0 bridgehead atoms. The maximum absolute atomic E-state index is 11.1. The van der Waals surface area contributed by atoms with Crippen LogP contribution in [0.2, 0.25) is 0 Å². The van der Waals surface area contributed by atoms with Crippen molar-refractivity contribution in [3.05, 3.63) is 65.2 Å². The zero-order valence-corrected chi connectivity index (χ0v) is 13.7. The van der Waals surface area contributed by atoms with Gasteiger partial charge in [-0.05, 0) is 17.7 Å². The van der Waals surface area contributed by atoms with Crippen molar-refractivity contribution in [3.8, 4) is 22.1 Å². The van der Waals surface area contributed by atoms with Gasteiger partial charge in [0, 0.05) is 5.38 Å². The summed E-state index contributed by atoms with van der Waals surface area (Å²) >= 11 is 1.26. The normalized spacial score (nSPS) is 10.4. The number of benzene rings is 2. The second kappa shape index (κ2) is 7.14. The summed E-state index contributed by atoms with van der Waals surface area (Å²) in [4.78, 5) is 15.2. The van der Waals surface area contributed by atoms with Crippen molar-refractivity contribution < 1.29 is 19.4 Å². The van der Waals surface area contributed by atoms with Crippen LogP contribution in [-0.4, -0.2) is 23.2 Å². The highest BCUT2D eigenvalue weighted by Crippen LogP contribution is 2.39. The number of carbonyl (C=O) groups is 1. The first-order chi connectivity index (χ1) is 11.7. The number of para-hydroxylation sites is 1. The predicted molar refractivity (Wildman–Crippen MR) is 91.8 cm³/mol. The van der Waals surface area contributed by atoms with Crippen molar-refractivity contribution in [2.24, 2.45) is 0 Å². The van der Waals surface area contributed by atoms with Gasteiger partial charge in [0.15, 0.2) is 17.2 Å². The Hall–Kier alpha value is -2.86. The van der Waals surface area contributed by atoms with Crippen molar-refractivity contribution in [1.29, 1.82) is 0 Å². The van der Waals surface area contributed by atoms with E-state index in [1.807, 2.05) is 42.5 Å². The van der Waals surface area contributed by atoms with Crippen LogP contribution in [0.15, 0.2) is 53.9 Å². The van der Waals surface area contributed by atoms with E-state index in [0.29, 0.717) is 28.7 Å². The molecule has 0 aliphatic heterocycles. The van der Waals surface area contributed by atoms with E-state index in [1.54, 1.807) is 13.2 Å². The molecule has 0 fully saturated rings. The minimum Gasteiger partial charge on any atom is -0.493 e. The highest BCUT2D eigenvalue weighted by molar-refractivity contribution is 7.13. The molecule has 1 aromatic heterocycles. The Morgan fingerprint density at radius 2 is 1.96 bits per heavy atom. The molecule has 3 rings (SSSR count). The van der Waals surface area contributed by atoms with Gasteiger partial charge in [0.05, 0.1) is 12.7 Å². The van der Waals surface area contributed by atoms with Crippen molar-refractivity contribution in [2.45, 2.75) is 6.61 Å². The molecule has 6 heteroatoms. The maximum atomic E-state index is 11.1. The topological polar surface area (TPSA) is 68.7 Å². The van der Waals surface area contributed by atoms with Gasteiger partial charge >= 0.3 is 5.97 Å². The number of carboxylic acids is 1. The van der Waals surface area contributed by atoms with Crippen LogP contribution in [0.5, 0.6) is 11.5 Å². The molecule has 0 aliphatic rings. The lowest BCUT2D eigenvalue weighted by atomic mass is 10.2. The number of aromatic carboxylic acids is 1. The van der Waals surface area contributed by atoms with Crippen molar-refractivity contribution in [2.75, 3.05) is 7.11 Å². The average molecular weight is 341 g/mol. The molecule has 24 heavy (non-hydrogen) atoms. The minimum absolute atomic E-state index is 0.0202. The summed E-state index contributed by atoms with van der Waals surface area (Å²) in [7, 11) is 1.57. The Labute approximate surface area is 143 Å². The quantitative estimate of drug-likeness (QED) is 0.731. The fourth-order valence-electron chi connectivity index (χ4n) is 2.22. The number of rotatable bonds is 6. The number of aromatic nitrogens is 1. The van der Waals surface area contributed by atoms with E-state index in [1.165, 1.54) is 16.7 Å². The molecule has 0 aliphatic carbocycles. The molecule has 5 nitrogen and oxygen atoms in total. The first-order valence-corrected chi connectivity index (χ1v) is 8.10. The molecule has 0 unspecified atom stereocenters. The molecule has 1 N–H and O–H groups in total. The predicted octanol–water partition coefficient (Wildman–Crippen LogP) is 4.10. The van der Waals surface area contributed by atoms with Gasteiger partial charge in [0.1, 0.15) is 11.6 Å². The lowest BCUT2D eigenvalue weighted by molar-refractivity contribution is 0.0691. The Kier molecular flexibility index (Phi) is 4.77. The van der Waals surface area contributed by atoms with Crippen molar-refractivity contribution in [3.63, 3.8) is 0 Å². The SMILES string of the molecule is COc1cccc(-c2nc(C(=O)O)cs2)c1OCc1ccccc1. The number of hydrogen-bond acceptors (Lipinski definition) is 5. The van der Waals surface area contributed by atoms with Crippen molar-refractivity contribution in [1.82, 2.24) is 4.98 Å². The number of thiazole rings is 1. The highest BCUT2D eigenvalue weighted by Gasteiger charge is 2.17. The van der Waals surface area contributed by atoms with Gasteiger partial charge in [-0.2, -0.15) is 0 Å².